The van der Waals surface area contributed by atoms with Crippen molar-refractivity contribution in [2.75, 3.05) is 12.8 Å². The molecule has 0 aliphatic heterocycles. The fraction of sp³-hybridized carbons (Fsp3) is 0.0833. The van der Waals surface area contributed by atoms with Crippen molar-refractivity contribution in [2.45, 2.75) is 0 Å². The Balaban J connectivity index is 2.45. The van der Waals surface area contributed by atoms with Crippen molar-refractivity contribution in [2.24, 2.45) is 0 Å². The molecule has 1 heterocycles. The zero-order chi connectivity index (χ0) is 11.5. The van der Waals surface area contributed by atoms with Crippen LogP contribution in [0.5, 0.6) is 5.75 Å². The molecule has 16 heavy (non-hydrogen) atoms. The minimum atomic E-state index is 0.375. The molecule has 4 heteroatoms. The van der Waals surface area contributed by atoms with E-state index in [1.807, 2.05) is 30.3 Å². The second-order valence-electron chi connectivity index (χ2n) is 3.29. The number of hydrogen-bond acceptors (Lipinski definition) is 3. The summed E-state index contributed by atoms with van der Waals surface area (Å²) in [6.45, 7) is 0. The van der Waals surface area contributed by atoms with Crippen LogP contribution in [-0.2, 0) is 0 Å². The summed E-state index contributed by atoms with van der Waals surface area (Å²) in [5, 5.41) is 0.675. The zero-order valence-electron chi connectivity index (χ0n) is 8.77. The Hall–Kier alpha value is -1.74. The summed E-state index contributed by atoms with van der Waals surface area (Å²) in [5.41, 5.74) is 7.45. The number of pyridine rings is 1. The Bertz CT molecular complexity index is 514. The molecule has 2 aromatic rings. The number of aromatic nitrogens is 1. The van der Waals surface area contributed by atoms with Crippen molar-refractivity contribution in [1.29, 1.82) is 0 Å². The molecule has 0 saturated carbocycles. The van der Waals surface area contributed by atoms with E-state index in [9.17, 15) is 0 Å². The summed E-state index contributed by atoms with van der Waals surface area (Å²) in [6, 6.07) is 11.1. The van der Waals surface area contributed by atoms with E-state index >= 15 is 0 Å². The van der Waals surface area contributed by atoms with Gasteiger partial charge in [-0.1, -0.05) is 23.7 Å². The number of rotatable bonds is 2. The fourth-order valence-electron chi connectivity index (χ4n) is 1.44. The highest BCUT2D eigenvalue weighted by molar-refractivity contribution is 6.30. The van der Waals surface area contributed by atoms with E-state index in [2.05, 4.69) is 4.98 Å². The van der Waals surface area contributed by atoms with Crippen molar-refractivity contribution in [3.8, 4) is 17.0 Å². The molecule has 0 atom stereocenters. The van der Waals surface area contributed by atoms with Gasteiger partial charge in [-0.15, -0.1) is 0 Å². The van der Waals surface area contributed by atoms with E-state index in [4.69, 9.17) is 22.1 Å². The van der Waals surface area contributed by atoms with Gasteiger partial charge in [0.25, 0.3) is 0 Å². The van der Waals surface area contributed by atoms with Crippen LogP contribution in [0.4, 0.5) is 5.82 Å². The highest BCUT2D eigenvalue weighted by atomic mass is 35.5. The molecule has 0 spiro atoms. The molecule has 2 N–H and O–H groups in total. The van der Waals surface area contributed by atoms with Gasteiger partial charge in [0.1, 0.15) is 0 Å². The van der Waals surface area contributed by atoms with Gasteiger partial charge in [0.05, 0.1) is 12.8 Å². The van der Waals surface area contributed by atoms with Crippen LogP contribution in [0.1, 0.15) is 0 Å². The summed E-state index contributed by atoms with van der Waals surface area (Å²) in [7, 11) is 1.56. The summed E-state index contributed by atoms with van der Waals surface area (Å²) < 4.78 is 5.05. The molecule has 1 aromatic carbocycles. The molecule has 3 nitrogen and oxygen atoms in total. The minimum absolute atomic E-state index is 0.375. The molecule has 0 saturated heterocycles. The molecule has 82 valence electrons. The number of nitrogens with two attached hydrogens (primary N) is 1. The number of benzene rings is 1. The van der Waals surface area contributed by atoms with Gasteiger partial charge in [0, 0.05) is 10.6 Å². The number of halogens is 1. The van der Waals surface area contributed by atoms with Crippen molar-refractivity contribution in [3.63, 3.8) is 0 Å². The van der Waals surface area contributed by atoms with Crippen molar-refractivity contribution >= 4 is 17.4 Å². The average Bonchev–Trinajstić information content (AvgIpc) is 2.29. The molecule has 0 aliphatic carbocycles. The van der Waals surface area contributed by atoms with Crippen LogP contribution < -0.4 is 10.5 Å². The molecule has 0 unspecified atom stereocenters. The lowest BCUT2D eigenvalue weighted by Crippen LogP contribution is -1.96. The van der Waals surface area contributed by atoms with E-state index in [0.29, 0.717) is 16.6 Å². The van der Waals surface area contributed by atoms with Crippen LogP contribution in [-0.4, -0.2) is 12.1 Å². The lowest BCUT2D eigenvalue weighted by Gasteiger charge is -2.06. The first-order valence-corrected chi connectivity index (χ1v) is 5.15. The van der Waals surface area contributed by atoms with E-state index < -0.39 is 0 Å². The number of ether oxygens (including phenoxy) is 1. The first-order chi connectivity index (χ1) is 7.70. The highest BCUT2D eigenvalue weighted by Crippen LogP contribution is 2.26. The molecule has 2 rings (SSSR count). The van der Waals surface area contributed by atoms with Gasteiger partial charge in [0.15, 0.2) is 11.6 Å². The molecule has 1 aromatic heterocycles. The summed E-state index contributed by atoms with van der Waals surface area (Å²) in [6.07, 6.45) is 0. The van der Waals surface area contributed by atoms with Crippen molar-refractivity contribution in [1.82, 2.24) is 4.98 Å². The Morgan fingerprint density at radius 1 is 1.25 bits per heavy atom. The van der Waals surface area contributed by atoms with Gasteiger partial charge in [-0.3, -0.25) is 0 Å². The van der Waals surface area contributed by atoms with Crippen LogP contribution >= 0.6 is 11.6 Å². The predicted octanol–water partition coefficient (Wildman–Crippen LogP) is 2.99. The van der Waals surface area contributed by atoms with E-state index in [1.165, 1.54) is 0 Å². The van der Waals surface area contributed by atoms with E-state index in [-0.39, 0.29) is 0 Å². The lowest BCUT2D eigenvalue weighted by atomic mass is 10.1. The van der Waals surface area contributed by atoms with Gasteiger partial charge in [-0.05, 0) is 24.3 Å². The molecular formula is C12H11ClN2O. The quantitative estimate of drug-likeness (QED) is 0.869. The van der Waals surface area contributed by atoms with Gasteiger partial charge in [0.2, 0.25) is 0 Å². The van der Waals surface area contributed by atoms with Gasteiger partial charge < -0.3 is 10.5 Å². The number of nitrogen functional groups attached to an aromatic ring is 1. The van der Waals surface area contributed by atoms with Crippen LogP contribution in [0.2, 0.25) is 5.02 Å². The third-order valence-corrected chi connectivity index (χ3v) is 2.46. The Labute approximate surface area is 98.8 Å². The molecule has 0 fully saturated rings. The van der Waals surface area contributed by atoms with Crippen LogP contribution in [0.15, 0.2) is 36.4 Å². The summed E-state index contributed by atoms with van der Waals surface area (Å²) >= 11 is 5.91. The molecule has 0 radical (unpaired) electrons. The van der Waals surface area contributed by atoms with Crippen LogP contribution in [0.3, 0.4) is 0 Å². The fourth-order valence-corrected chi connectivity index (χ4v) is 1.63. The first kappa shape index (κ1) is 10.8. The minimum Gasteiger partial charge on any atom is -0.493 e. The third-order valence-electron chi connectivity index (χ3n) is 2.23. The maximum atomic E-state index is 5.91. The number of anilines is 1. The summed E-state index contributed by atoms with van der Waals surface area (Å²) in [4.78, 5) is 4.25. The monoisotopic (exact) mass is 234 g/mol. The zero-order valence-corrected chi connectivity index (χ0v) is 9.53. The van der Waals surface area contributed by atoms with E-state index in [0.717, 1.165) is 11.3 Å². The maximum absolute atomic E-state index is 5.91. The van der Waals surface area contributed by atoms with Crippen LogP contribution in [0, 0.1) is 0 Å². The standard InChI is InChI=1S/C12H11ClN2O/c1-16-11-6-5-10(15-12(11)14)8-3-2-4-9(13)7-8/h2-7H,1H3,(H2,14,15). The molecule has 0 aliphatic rings. The smallest absolute Gasteiger partial charge is 0.166 e. The second kappa shape index (κ2) is 4.41. The van der Waals surface area contributed by atoms with Gasteiger partial charge in [-0.25, -0.2) is 4.98 Å². The first-order valence-electron chi connectivity index (χ1n) is 4.77. The van der Waals surface area contributed by atoms with Gasteiger partial charge in [-0.2, -0.15) is 0 Å². The molecular weight excluding hydrogens is 224 g/mol. The number of nitrogens with zero attached hydrogens (tertiary/aromatic N) is 1. The Kier molecular flexibility index (Phi) is 2.97. The number of hydrogen-bond donors (Lipinski definition) is 1. The van der Waals surface area contributed by atoms with Crippen LogP contribution in [0.25, 0.3) is 11.3 Å². The lowest BCUT2D eigenvalue weighted by molar-refractivity contribution is 0.415. The topological polar surface area (TPSA) is 48.1 Å². The Morgan fingerprint density at radius 3 is 2.69 bits per heavy atom. The largest absolute Gasteiger partial charge is 0.493 e. The second-order valence-corrected chi connectivity index (χ2v) is 3.73. The van der Waals surface area contributed by atoms with Crippen molar-refractivity contribution in [3.05, 3.63) is 41.4 Å². The van der Waals surface area contributed by atoms with E-state index in [1.54, 1.807) is 13.2 Å². The third kappa shape index (κ3) is 2.09. The highest BCUT2D eigenvalue weighted by Gasteiger charge is 2.04. The summed E-state index contributed by atoms with van der Waals surface area (Å²) in [5.74, 6) is 0.950. The Morgan fingerprint density at radius 2 is 2.06 bits per heavy atom. The molecule has 0 amide bonds. The molecule has 0 bridgehead atoms. The number of methoxy groups -OCH3 is 1. The SMILES string of the molecule is COc1ccc(-c2cccc(Cl)c2)nc1N. The average molecular weight is 235 g/mol. The predicted molar refractivity (Wildman–Crippen MR) is 65.6 cm³/mol. The van der Waals surface area contributed by atoms with Gasteiger partial charge >= 0.3 is 0 Å². The maximum Gasteiger partial charge on any atom is 0.166 e. The normalized spacial score (nSPS) is 10.1. The van der Waals surface area contributed by atoms with Crippen molar-refractivity contribution < 1.29 is 4.74 Å².